The van der Waals surface area contributed by atoms with Crippen molar-refractivity contribution in [3.8, 4) is 22.1 Å². The van der Waals surface area contributed by atoms with Crippen LogP contribution < -0.4 is 14.8 Å². The maximum atomic E-state index is 12.7. The molecule has 2 aliphatic heterocycles. The van der Waals surface area contributed by atoms with Crippen molar-refractivity contribution >= 4 is 42.1 Å². The number of piperazine rings is 1. The monoisotopic (exact) mass is 417 g/mol. The summed E-state index contributed by atoms with van der Waals surface area (Å²) in [5.41, 5.74) is 1.45. The van der Waals surface area contributed by atoms with Crippen LogP contribution >= 0.6 is 36.2 Å². The largest absolute Gasteiger partial charge is 0.486 e. The van der Waals surface area contributed by atoms with Gasteiger partial charge in [-0.15, -0.1) is 36.2 Å². The number of carbonyl (C=O) groups excluding carboxylic acids is 1. The van der Waals surface area contributed by atoms with E-state index in [1.807, 2.05) is 28.5 Å². The van der Waals surface area contributed by atoms with Gasteiger partial charge in [0.05, 0.1) is 0 Å². The number of carbonyl (C=O) groups is 1. The van der Waals surface area contributed by atoms with Crippen molar-refractivity contribution in [1.29, 1.82) is 0 Å². The molecule has 0 saturated carbocycles. The predicted octanol–water partition coefficient (Wildman–Crippen LogP) is 2.86. The summed E-state index contributed by atoms with van der Waals surface area (Å²) in [7, 11) is 0. The second-order valence-electron chi connectivity index (χ2n) is 5.95. The molecule has 1 saturated heterocycles. The molecule has 0 radical (unpaired) electrons. The summed E-state index contributed by atoms with van der Waals surface area (Å²) in [4.78, 5) is 19.1. The minimum atomic E-state index is 0. The van der Waals surface area contributed by atoms with E-state index in [4.69, 9.17) is 9.47 Å². The number of nitrogens with zero attached hydrogens (tertiary/aromatic N) is 2. The first-order chi connectivity index (χ1) is 11.7. The van der Waals surface area contributed by atoms with Gasteiger partial charge in [0.25, 0.3) is 5.91 Å². The number of hydrogen-bond donors (Lipinski definition) is 1. The van der Waals surface area contributed by atoms with E-state index >= 15 is 0 Å². The molecule has 0 unspecified atom stereocenters. The van der Waals surface area contributed by atoms with Gasteiger partial charge in [0, 0.05) is 36.6 Å². The third kappa shape index (κ3) is 4.06. The van der Waals surface area contributed by atoms with Crippen molar-refractivity contribution in [3.05, 3.63) is 29.3 Å². The Morgan fingerprint density at radius 1 is 1.27 bits per heavy atom. The van der Waals surface area contributed by atoms with Crippen molar-refractivity contribution in [2.24, 2.45) is 0 Å². The van der Waals surface area contributed by atoms with Crippen LogP contribution in [0.4, 0.5) is 0 Å². The number of fused-ring (bicyclic) bond motifs is 1. The lowest BCUT2D eigenvalue weighted by Gasteiger charge is -2.33. The molecule has 2 aliphatic rings. The third-order valence-corrected chi connectivity index (χ3v) is 5.17. The van der Waals surface area contributed by atoms with E-state index in [1.165, 1.54) is 11.3 Å². The minimum absolute atomic E-state index is 0. The summed E-state index contributed by atoms with van der Waals surface area (Å²) in [6.45, 7) is 5.55. The molecule has 0 spiro atoms. The molecule has 9 heteroatoms. The Balaban J connectivity index is 0.00000121. The summed E-state index contributed by atoms with van der Waals surface area (Å²) in [5, 5.41) is 5.95. The fourth-order valence-corrected chi connectivity index (χ4v) is 3.76. The van der Waals surface area contributed by atoms with Crippen LogP contribution in [-0.2, 0) is 0 Å². The van der Waals surface area contributed by atoms with E-state index in [9.17, 15) is 4.79 Å². The average Bonchev–Trinajstić information content (AvgIpc) is 3.11. The predicted molar refractivity (Wildman–Crippen MR) is 106 cm³/mol. The van der Waals surface area contributed by atoms with Gasteiger partial charge in [0.15, 0.2) is 11.5 Å². The van der Waals surface area contributed by atoms with Crippen LogP contribution in [0.15, 0.2) is 23.6 Å². The third-order valence-electron chi connectivity index (χ3n) is 4.27. The summed E-state index contributed by atoms with van der Waals surface area (Å²) < 4.78 is 11.2. The van der Waals surface area contributed by atoms with Gasteiger partial charge in [0.2, 0.25) is 0 Å². The number of ether oxygens (including phenoxy) is 2. The molecule has 3 heterocycles. The highest BCUT2D eigenvalue weighted by atomic mass is 35.5. The molecule has 142 valence electrons. The number of rotatable bonds is 2. The fourth-order valence-electron chi connectivity index (χ4n) is 2.97. The minimum Gasteiger partial charge on any atom is -0.486 e. The molecule has 1 atom stereocenters. The number of hydrogen-bond acceptors (Lipinski definition) is 6. The van der Waals surface area contributed by atoms with Gasteiger partial charge >= 0.3 is 0 Å². The number of halogens is 2. The van der Waals surface area contributed by atoms with E-state index < -0.39 is 0 Å². The highest BCUT2D eigenvalue weighted by Crippen LogP contribution is 2.35. The van der Waals surface area contributed by atoms with Gasteiger partial charge in [-0.1, -0.05) is 0 Å². The standard InChI is InChI=1S/C17H19N3O3S.2ClH/c1-11-9-18-4-5-20(11)17(21)13-10-24-16(19-13)12-2-3-14-15(8-12)23-7-6-22-14;;/h2-3,8,10-11,18H,4-7,9H2,1H3;2*1H/t11-;;/m0../s1. The highest BCUT2D eigenvalue weighted by molar-refractivity contribution is 7.13. The number of amides is 1. The maximum absolute atomic E-state index is 12.7. The van der Waals surface area contributed by atoms with E-state index in [2.05, 4.69) is 17.2 Å². The number of benzene rings is 1. The zero-order chi connectivity index (χ0) is 16.5. The Morgan fingerprint density at radius 2 is 2.04 bits per heavy atom. The van der Waals surface area contributed by atoms with Crippen LogP contribution in [0.2, 0.25) is 0 Å². The Kier molecular flexibility index (Phi) is 7.11. The van der Waals surface area contributed by atoms with E-state index in [-0.39, 0.29) is 36.8 Å². The Labute approximate surface area is 168 Å². The molecular weight excluding hydrogens is 397 g/mol. The van der Waals surface area contributed by atoms with Gasteiger partial charge in [-0.25, -0.2) is 4.98 Å². The smallest absolute Gasteiger partial charge is 0.273 e. The molecule has 2 aromatic rings. The summed E-state index contributed by atoms with van der Waals surface area (Å²) in [6.07, 6.45) is 0. The van der Waals surface area contributed by atoms with E-state index in [1.54, 1.807) is 0 Å². The molecule has 0 bridgehead atoms. The highest BCUT2D eigenvalue weighted by Gasteiger charge is 2.26. The zero-order valence-electron chi connectivity index (χ0n) is 14.3. The number of nitrogens with one attached hydrogen (secondary N) is 1. The van der Waals surface area contributed by atoms with Crippen molar-refractivity contribution in [2.45, 2.75) is 13.0 Å². The first-order valence-corrected chi connectivity index (χ1v) is 8.97. The van der Waals surface area contributed by atoms with Crippen molar-refractivity contribution in [1.82, 2.24) is 15.2 Å². The Hall–Kier alpha value is -1.54. The normalized spacial score (nSPS) is 18.5. The van der Waals surface area contributed by atoms with Gasteiger partial charge < -0.3 is 19.7 Å². The Bertz CT molecular complexity index is 771. The molecule has 6 nitrogen and oxygen atoms in total. The number of aromatic nitrogens is 1. The van der Waals surface area contributed by atoms with Crippen LogP contribution in [-0.4, -0.2) is 54.7 Å². The second-order valence-corrected chi connectivity index (χ2v) is 6.81. The zero-order valence-corrected chi connectivity index (χ0v) is 16.7. The molecule has 1 amide bonds. The van der Waals surface area contributed by atoms with Crippen LogP contribution in [0.5, 0.6) is 11.5 Å². The fraction of sp³-hybridized carbons (Fsp3) is 0.412. The van der Waals surface area contributed by atoms with Crippen LogP contribution in [0.3, 0.4) is 0 Å². The first-order valence-electron chi connectivity index (χ1n) is 8.09. The maximum Gasteiger partial charge on any atom is 0.273 e. The summed E-state index contributed by atoms with van der Waals surface area (Å²) in [6, 6.07) is 5.96. The van der Waals surface area contributed by atoms with E-state index in [0.717, 1.165) is 41.7 Å². The van der Waals surface area contributed by atoms with Gasteiger partial charge in [0.1, 0.15) is 23.9 Å². The molecule has 0 aliphatic carbocycles. The topological polar surface area (TPSA) is 63.7 Å². The Morgan fingerprint density at radius 3 is 2.81 bits per heavy atom. The lowest BCUT2D eigenvalue weighted by Crippen LogP contribution is -2.52. The van der Waals surface area contributed by atoms with Crippen LogP contribution in [0, 0.1) is 0 Å². The summed E-state index contributed by atoms with van der Waals surface area (Å²) >= 11 is 1.48. The SMILES string of the molecule is C[C@H]1CNCCN1C(=O)c1csc(-c2ccc3c(c2)OCCO3)n1.Cl.Cl. The van der Waals surface area contributed by atoms with Crippen LogP contribution in [0.25, 0.3) is 10.6 Å². The number of thiazole rings is 1. The molecule has 26 heavy (non-hydrogen) atoms. The van der Waals surface area contributed by atoms with Gasteiger partial charge in [-0.05, 0) is 25.1 Å². The van der Waals surface area contributed by atoms with Crippen molar-refractivity contribution in [3.63, 3.8) is 0 Å². The van der Waals surface area contributed by atoms with E-state index in [0.29, 0.717) is 18.9 Å². The van der Waals surface area contributed by atoms with Crippen molar-refractivity contribution < 1.29 is 14.3 Å². The lowest BCUT2D eigenvalue weighted by atomic mass is 10.2. The molecule has 1 aromatic heterocycles. The summed E-state index contributed by atoms with van der Waals surface area (Å²) in [5.74, 6) is 1.49. The van der Waals surface area contributed by atoms with Gasteiger partial charge in [-0.3, -0.25) is 4.79 Å². The first kappa shape index (κ1) is 20.8. The van der Waals surface area contributed by atoms with Crippen LogP contribution in [0.1, 0.15) is 17.4 Å². The molecule has 1 aromatic carbocycles. The van der Waals surface area contributed by atoms with Gasteiger partial charge in [-0.2, -0.15) is 0 Å². The molecular formula is C17H21Cl2N3O3S. The molecule has 4 rings (SSSR count). The molecule has 1 N–H and O–H groups in total. The average molecular weight is 418 g/mol. The quantitative estimate of drug-likeness (QED) is 0.813. The second kappa shape index (κ2) is 8.90. The molecule has 1 fully saturated rings. The lowest BCUT2D eigenvalue weighted by molar-refractivity contribution is 0.0650. The van der Waals surface area contributed by atoms with Crippen molar-refractivity contribution in [2.75, 3.05) is 32.8 Å².